The number of nitrogens with zero attached hydrogens (tertiary/aromatic N) is 1. The van der Waals surface area contributed by atoms with Gasteiger partial charge in [-0.05, 0) is 31.9 Å². The minimum absolute atomic E-state index is 0.0496. The lowest BCUT2D eigenvalue weighted by Crippen LogP contribution is -2.44. The predicted molar refractivity (Wildman–Crippen MR) is 76.6 cm³/mol. The maximum absolute atomic E-state index is 12.1. The van der Waals surface area contributed by atoms with E-state index in [1.807, 2.05) is 19.1 Å². The summed E-state index contributed by atoms with van der Waals surface area (Å²) in [5.74, 6) is 1.30. The van der Waals surface area contributed by atoms with Gasteiger partial charge in [0.15, 0.2) is 0 Å². The van der Waals surface area contributed by atoms with E-state index in [4.69, 9.17) is 9.15 Å². The summed E-state index contributed by atoms with van der Waals surface area (Å²) in [5.41, 5.74) is 0. The SMILES string of the molecule is COC[C@@H](NC(=O)CN1CCCCC1=O)c1ccc(C)o1. The summed E-state index contributed by atoms with van der Waals surface area (Å²) in [4.78, 5) is 25.4. The van der Waals surface area contributed by atoms with Gasteiger partial charge in [-0.15, -0.1) is 0 Å². The molecule has 0 saturated carbocycles. The van der Waals surface area contributed by atoms with Gasteiger partial charge in [0.25, 0.3) is 0 Å². The average Bonchev–Trinajstić information content (AvgIpc) is 2.87. The molecule has 0 unspecified atom stereocenters. The Morgan fingerprint density at radius 2 is 2.29 bits per heavy atom. The van der Waals surface area contributed by atoms with Crippen molar-refractivity contribution in [3.05, 3.63) is 23.7 Å². The molecule has 1 aliphatic heterocycles. The fourth-order valence-corrected chi connectivity index (χ4v) is 2.44. The van der Waals surface area contributed by atoms with Crippen LogP contribution in [0.1, 0.15) is 36.8 Å². The second kappa shape index (κ2) is 7.26. The van der Waals surface area contributed by atoms with E-state index in [1.54, 1.807) is 12.0 Å². The Kier molecular flexibility index (Phi) is 5.38. The molecule has 116 valence electrons. The number of carbonyl (C=O) groups is 2. The quantitative estimate of drug-likeness (QED) is 0.861. The van der Waals surface area contributed by atoms with Gasteiger partial charge >= 0.3 is 0 Å². The Morgan fingerprint density at radius 3 is 2.90 bits per heavy atom. The van der Waals surface area contributed by atoms with Gasteiger partial charge in [-0.25, -0.2) is 0 Å². The molecule has 1 saturated heterocycles. The molecule has 6 heteroatoms. The maximum Gasteiger partial charge on any atom is 0.240 e. The van der Waals surface area contributed by atoms with Crippen LogP contribution < -0.4 is 5.32 Å². The molecule has 1 atom stereocenters. The van der Waals surface area contributed by atoms with Gasteiger partial charge in [0.05, 0.1) is 13.2 Å². The molecule has 1 aliphatic rings. The molecule has 0 bridgehead atoms. The predicted octanol–water partition coefficient (Wildman–Crippen LogP) is 1.40. The summed E-state index contributed by atoms with van der Waals surface area (Å²) in [7, 11) is 1.57. The Balaban J connectivity index is 1.93. The van der Waals surface area contributed by atoms with E-state index in [0.29, 0.717) is 25.3 Å². The summed E-state index contributed by atoms with van der Waals surface area (Å²) >= 11 is 0. The van der Waals surface area contributed by atoms with Gasteiger partial charge in [-0.2, -0.15) is 0 Å². The third-order valence-corrected chi connectivity index (χ3v) is 3.53. The van der Waals surface area contributed by atoms with Gasteiger partial charge in [0.1, 0.15) is 17.6 Å². The van der Waals surface area contributed by atoms with Crippen LogP contribution in [0.15, 0.2) is 16.5 Å². The molecule has 1 aromatic rings. The Hall–Kier alpha value is -1.82. The van der Waals surface area contributed by atoms with Crippen molar-refractivity contribution in [1.82, 2.24) is 10.2 Å². The van der Waals surface area contributed by atoms with E-state index >= 15 is 0 Å². The van der Waals surface area contributed by atoms with Crippen molar-refractivity contribution in [3.8, 4) is 0 Å². The van der Waals surface area contributed by atoms with E-state index in [9.17, 15) is 9.59 Å². The van der Waals surface area contributed by atoms with Crippen LogP contribution in [-0.4, -0.2) is 43.5 Å². The van der Waals surface area contributed by atoms with Crippen LogP contribution in [0.25, 0.3) is 0 Å². The average molecular weight is 294 g/mol. The van der Waals surface area contributed by atoms with Crippen LogP contribution in [0.3, 0.4) is 0 Å². The number of methoxy groups -OCH3 is 1. The number of carbonyl (C=O) groups excluding carboxylic acids is 2. The highest BCUT2D eigenvalue weighted by Gasteiger charge is 2.23. The molecule has 21 heavy (non-hydrogen) atoms. The minimum Gasteiger partial charge on any atom is -0.464 e. The largest absolute Gasteiger partial charge is 0.464 e. The fraction of sp³-hybridized carbons (Fsp3) is 0.600. The standard InChI is InChI=1S/C15H22N2O4/c1-11-6-7-13(21-11)12(10-20-2)16-14(18)9-17-8-4-3-5-15(17)19/h6-7,12H,3-5,8-10H2,1-2H3,(H,16,18)/t12-/m1/s1. The van der Waals surface area contributed by atoms with E-state index in [-0.39, 0.29) is 24.4 Å². The maximum atomic E-state index is 12.1. The zero-order valence-corrected chi connectivity index (χ0v) is 12.6. The Bertz CT molecular complexity index is 498. The molecule has 2 heterocycles. The van der Waals surface area contributed by atoms with Crippen molar-refractivity contribution in [2.45, 2.75) is 32.2 Å². The highest BCUT2D eigenvalue weighted by Crippen LogP contribution is 2.17. The summed E-state index contributed by atoms with van der Waals surface area (Å²) in [6.07, 6.45) is 2.40. The van der Waals surface area contributed by atoms with Crippen LogP contribution in [0.4, 0.5) is 0 Å². The van der Waals surface area contributed by atoms with Crippen LogP contribution in [0.2, 0.25) is 0 Å². The molecule has 6 nitrogen and oxygen atoms in total. The lowest BCUT2D eigenvalue weighted by Gasteiger charge is -2.26. The molecule has 0 spiro atoms. The zero-order chi connectivity index (χ0) is 15.2. The van der Waals surface area contributed by atoms with E-state index in [0.717, 1.165) is 18.6 Å². The second-order valence-corrected chi connectivity index (χ2v) is 5.30. The van der Waals surface area contributed by atoms with Crippen LogP contribution in [-0.2, 0) is 14.3 Å². The molecule has 1 aromatic heterocycles. The number of aryl methyl sites for hydroxylation is 1. The first-order valence-corrected chi connectivity index (χ1v) is 7.22. The highest BCUT2D eigenvalue weighted by atomic mass is 16.5. The number of furan rings is 1. The number of likely N-dealkylation sites (tertiary alicyclic amines) is 1. The first kappa shape index (κ1) is 15.6. The molecule has 2 rings (SSSR count). The lowest BCUT2D eigenvalue weighted by atomic mass is 10.1. The van der Waals surface area contributed by atoms with Crippen molar-refractivity contribution >= 4 is 11.8 Å². The topological polar surface area (TPSA) is 71.8 Å². The highest BCUT2D eigenvalue weighted by molar-refractivity contribution is 5.85. The van der Waals surface area contributed by atoms with Crippen molar-refractivity contribution in [2.24, 2.45) is 0 Å². The number of piperidine rings is 1. The van der Waals surface area contributed by atoms with Gasteiger partial charge in [-0.1, -0.05) is 0 Å². The monoisotopic (exact) mass is 294 g/mol. The van der Waals surface area contributed by atoms with Crippen LogP contribution >= 0.6 is 0 Å². The van der Waals surface area contributed by atoms with Crippen molar-refractivity contribution < 1.29 is 18.7 Å². The summed E-state index contributed by atoms with van der Waals surface area (Å²) < 4.78 is 10.7. The van der Waals surface area contributed by atoms with E-state index in [1.165, 1.54) is 0 Å². The molecule has 0 aliphatic carbocycles. The smallest absolute Gasteiger partial charge is 0.240 e. The zero-order valence-electron chi connectivity index (χ0n) is 12.6. The summed E-state index contributed by atoms with van der Waals surface area (Å²) in [6.45, 7) is 2.92. The van der Waals surface area contributed by atoms with Gasteiger partial charge in [-0.3, -0.25) is 9.59 Å². The number of rotatable bonds is 6. The fourth-order valence-electron chi connectivity index (χ4n) is 2.44. The van der Waals surface area contributed by atoms with Gasteiger partial charge < -0.3 is 19.4 Å². The minimum atomic E-state index is -0.337. The first-order chi connectivity index (χ1) is 10.1. The molecule has 0 radical (unpaired) electrons. The van der Waals surface area contributed by atoms with E-state index in [2.05, 4.69) is 5.32 Å². The summed E-state index contributed by atoms with van der Waals surface area (Å²) in [5, 5.41) is 2.86. The molecule has 0 aromatic carbocycles. The van der Waals surface area contributed by atoms with Crippen LogP contribution in [0, 0.1) is 6.92 Å². The number of ether oxygens (including phenoxy) is 1. The number of amides is 2. The van der Waals surface area contributed by atoms with E-state index < -0.39 is 0 Å². The third-order valence-electron chi connectivity index (χ3n) is 3.53. The number of hydrogen-bond acceptors (Lipinski definition) is 4. The molecule has 2 amide bonds. The number of hydrogen-bond donors (Lipinski definition) is 1. The van der Waals surface area contributed by atoms with Gasteiger partial charge in [0, 0.05) is 20.1 Å². The Morgan fingerprint density at radius 1 is 1.48 bits per heavy atom. The Labute approximate surface area is 124 Å². The van der Waals surface area contributed by atoms with Crippen LogP contribution in [0.5, 0.6) is 0 Å². The lowest BCUT2D eigenvalue weighted by molar-refractivity contribution is -0.138. The van der Waals surface area contributed by atoms with Crippen molar-refractivity contribution in [3.63, 3.8) is 0 Å². The summed E-state index contributed by atoms with van der Waals surface area (Å²) in [6, 6.07) is 3.33. The first-order valence-electron chi connectivity index (χ1n) is 7.22. The van der Waals surface area contributed by atoms with Gasteiger partial charge in [0.2, 0.25) is 11.8 Å². The van der Waals surface area contributed by atoms with Crippen molar-refractivity contribution in [2.75, 3.05) is 26.8 Å². The third kappa shape index (κ3) is 4.32. The number of nitrogens with one attached hydrogen (secondary N) is 1. The second-order valence-electron chi connectivity index (χ2n) is 5.30. The molecule has 1 N–H and O–H groups in total. The molecular formula is C15H22N2O4. The molecular weight excluding hydrogens is 272 g/mol. The van der Waals surface area contributed by atoms with Crippen molar-refractivity contribution in [1.29, 1.82) is 0 Å². The normalized spacial score (nSPS) is 16.9. The molecule has 1 fully saturated rings.